The van der Waals surface area contributed by atoms with Crippen molar-refractivity contribution in [2.45, 2.75) is 13.8 Å². The molecule has 0 aliphatic rings. The number of aryl methyl sites for hydroxylation is 2. The molecule has 27 heavy (non-hydrogen) atoms. The number of hydrogen-bond donors (Lipinski definition) is 0. The van der Waals surface area contributed by atoms with E-state index >= 15 is 0 Å². The Kier molecular flexibility index (Phi) is 5.25. The first-order valence-corrected chi connectivity index (χ1v) is 10.9. The van der Waals surface area contributed by atoms with Gasteiger partial charge in [0.15, 0.2) is 0 Å². The van der Waals surface area contributed by atoms with Crippen molar-refractivity contribution >= 4 is 23.9 Å². The molecular formula is C26H22Se. The van der Waals surface area contributed by atoms with Crippen molar-refractivity contribution in [3.05, 3.63) is 108 Å². The van der Waals surface area contributed by atoms with Crippen LogP contribution in [0.15, 0.2) is 97.1 Å². The number of hydrogen-bond acceptors (Lipinski definition) is 0. The van der Waals surface area contributed by atoms with Gasteiger partial charge in [-0.1, -0.05) is 0 Å². The Morgan fingerprint density at radius 3 is 1.22 bits per heavy atom. The second-order valence-electron chi connectivity index (χ2n) is 6.79. The normalized spacial score (nSPS) is 10.7. The molecule has 4 aromatic rings. The molecule has 0 aromatic heterocycles. The van der Waals surface area contributed by atoms with Crippen LogP contribution in [0.25, 0.3) is 22.3 Å². The summed E-state index contributed by atoms with van der Waals surface area (Å²) >= 11 is 0.318. The van der Waals surface area contributed by atoms with Crippen LogP contribution in [0.3, 0.4) is 0 Å². The van der Waals surface area contributed by atoms with Crippen LogP contribution >= 0.6 is 0 Å². The molecule has 0 amide bonds. The van der Waals surface area contributed by atoms with E-state index in [0.717, 1.165) is 0 Å². The van der Waals surface area contributed by atoms with E-state index in [1.807, 2.05) is 0 Å². The quantitative estimate of drug-likeness (QED) is 0.399. The van der Waals surface area contributed by atoms with E-state index in [1.165, 1.54) is 42.3 Å². The summed E-state index contributed by atoms with van der Waals surface area (Å²) in [5, 5.41) is 0. The van der Waals surface area contributed by atoms with E-state index in [0.29, 0.717) is 15.0 Å². The van der Waals surface area contributed by atoms with E-state index in [1.54, 1.807) is 0 Å². The number of rotatable bonds is 4. The van der Waals surface area contributed by atoms with Gasteiger partial charge < -0.3 is 0 Å². The summed E-state index contributed by atoms with van der Waals surface area (Å²) in [7, 11) is 0. The van der Waals surface area contributed by atoms with Gasteiger partial charge in [0.2, 0.25) is 0 Å². The van der Waals surface area contributed by atoms with Crippen molar-refractivity contribution in [1.82, 2.24) is 0 Å². The number of benzene rings is 4. The van der Waals surface area contributed by atoms with Gasteiger partial charge in [-0.2, -0.15) is 0 Å². The van der Waals surface area contributed by atoms with Crippen LogP contribution in [0, 0.1) is 13.8 Å². The SMILES string of the molecule is Cc1cc(-c2ccccc2)ccc1[Se]c1ccc(-c2ccccc2)cc1C. The molecule has 0 radical (unpaired) electrons. The maximum absolute atomic E-state index is 2.32. The Morgan fingerprint density at radius 1 is 0.444 bits per heavy atom. The van der Waals surface area contributed by atoms with Crippen LogP contribution in [-0.2, 0) is 0 Å². The van der Waals surface area contributed by atoms with E-state index in [2.05, 4.69) is 111 Å². The van der Waals surface area contributed by atoms with Gasteiger partial charge in [-0.15, -0.1) is 0 Å². The van der Waals surface area contributed by atoms with E-state index in [4.69, 9.17) is 0 Å². The van der Waals surface area contributed by atoms with Crippen molar-refractivity contribution in [3.63, 3.8) is 0 Å². The summed E-state index contributed by atoms with van der Waals surface area (Å²) in [5.41, 5.74) is 7.91. The van der Waals surface area contributed by atoms with Gasteiger partial charge in [0.1, 0.15) is 0 Å². The van der Waals surface area contributed by atoms with Gasteiger partial charge in [-0.05, 0) is 0 Å². The maximum atomic E-state index is 2.32. The molecule has 132 valence electrons. The molecule has 4 rings (SSSR count). The fraction of sp³-hybridized carbons (Fsp3) is 0.0769. The first kappa shape index (κ1) is 17.8. The van der Waals surface area contributed by atoms with Crippen molar-refractivity contribution in [1.29, 1.82) is 0 Å². The fourth-order valence-corrected chi connectivity index (χ4v) is 5.26. The van der Waals surface area contributed by atoms with Crippen molar-refractivity contribution in [2.24, 2.45) is 0 Å². The minimum absolute atomic E-state index is 0.318. The molecule has 0 fully saturated rings. The molecule has 4 aromatic carbocycles. The Hall–Kier alpha value is -2.60. The third-order valence-electron chi connectivity index (χ3n) is 4.78. The third-order valence-corrected chi connectivity index (χ3v) is 7.63. The summed E-state index contributed by atoms with van der Waals surface area (Å²) in [6, 6.07) is 35.0. The van der Waals surface area contributed by atoms with Crippen LogP contribution < -0.4 is 8.92 Å². The second kappa shape index (κ2) is 7.96. The molecule has 0 saturated carbocycles. The van der Waals surface area contributed by atoms with Gasteiger partial charge in [0.25, 0.3) is 0 Å². The fourth-order valence-electron chi connectivity index (χ4n) is 3.27. The van der Waals surface area contributed by atoms with Crippen LogP contribution in [0.5, 0.6) is 0 Å². The first-order valence-electron chi connectivity index (χ1n) is 9.21. The van der Waals surface area contributed by atoms with E-state index in [9.17, 15) is 0 Å². The van der Waals surface area contributed by atoms with Crippen LogP contribution in [0.4, 0.5) is 0 Å². The third kappa shape index (κ3) is 4.06. The molecular weight excluding hydrogens is 391 g/mol. The Morgan fingerprint density at radius 2 is 0.852 bits per heavy atom. The molecule has 0 nitrogen and oxygen atoms in total. The molecule has 0 atom stereocenters. The summed E-state index contributed by atoms with van der Waals surface area (Å²) in [5.74, 6) is 0. The minimum atomic E-state index is 0.318. The average molecular weight is 413 g/mol. The average Bonchev–Trinajstić information content (AvgIpc) is 2.72. The molecule has 0 aliphatic carbocycles. The molecule has 0 bridgehead atoms. The summed E-state index contributed by atoms with van der Waals surface area (Å²) < 4.78 is 2.91. The molecule has 0 unspecified atom stereocenters. The monoisotopic (exact) mass is 414 g/mol. The summed E-state index contributed by atoms with van der Waals surface area (Å²) in [6.45, 7) is 4.47. The Labute approximate surface area is 168 Å². The van der Waals surface area contributed by atoms with Crippen molar-refractivity contribution in [2.75, 3.05) is 0 Å². The van der Waals surface area contributed by atoms with Gasteiger partial charge in [0, 0.05) is 0 Å². The Bertz CT molecular complexity index is 963. The molecule has 0 aliphatic heterocycles. The van der Waals surface area contributed by atoms with E-state index < -0.39 is 0 Å². The summed E-state index contributed by atoms with van der Waals surface area (Å²) in [4.78, 5) is 0. The van der Waals surface area contributed by atoms with Gasteiger partial charge in [-0.25, -0.2) is 0 Å². The molecule has 1 heteroatoms. The standard InChI is InChI=1S/C26H22Se/c1-19-17-23(21-9-5-3-6-10-21)13-15-25(19)27-26-16-14-24(18-20(26)2)22-11-7-4-8-12-22/h3-18H,1-2H3. The van der Waals surface area contributed by atoms with Crippen LogP contribution in [-0.4, -0.2) is 15.0 Å². The van der Waals surface area contributed by atoms with E-state index in [-0.39, 0.29) is 0 Å². The predicted octanol–water partition coefficient (Wildman–Crippen LogP) is 5.29. The van der Waals surface area contributed by atoms with Crippen LogP contribution in [0.1, 0.15) is 11.1 Å². The second-order valence-corrected chi connectivity index (χ2v) is 9.07. The topological polar surface area (TPSA) is 0 Å². The first-order chi connectivity index (χ1) is 13.2. The molecule has 0 heterocycles. The van der Waals surface area contributed by atoms with Crippen molar-refractivity contribution in [3.8, 4) is 22.3 Å². The zero-order valence-electron chi connectivity index (χ0n) is 15.6. The van der Waals surface area contributed by atoms with Crippen LogP contribution in [0.2, 0.25) is 0 Å². The van der Waals surface area contributed by atoms with Gasteiger partial charge in [0.05, 0.1) is 0 Å². The van der Waals surface area contributed by atoms with Gasteiger partial charge in [-0.3, -0.25) is 0 Å². The molecule has 0 saturated heterocycles. The zero-order chi connectivity index (χ0) is 18.6. The van der Waals surface area contributed by atoms with Gasteiger partial charge >= 0.3 is 168 Å². The molecule has 0 spiro atoms. The molecule has 0 N–H and O–H groups in total. The predicted molar refractivity (Wildman–Crippen MR) is 118 cm³/mol. The summed E-state index contributed by atoms with van der Waals surface area (Å²) in [6.07, 6.45) is 0. The van der Waals surface area contributed by atoms with Crippen molar-refractivity contribution < 1.29 is 0 Å². The Balaban J connectivity index is 1.59. The zero-order valence-corrected chi connectivity index (χ0v) is 17.4.